The van der Waals surface area contributed by atoms with Gasteiger partial charge in [-0.25, -0.2) is 0 Å². The molecule has 0 amide bonds. The lowest BCUT2D eigenvalue weighted by Gasteiger charge is -2.15. The highest BCUT2D eigenvalue weighted by atomic mass is 19.4. The molecule has 1 N–H and O–H groups in total. The highest BCUT2D eigenvalue weighted by molar-refractivity contribution is 5.30. The Bertz CT molecular complexity index is 320. The van der Waals surface area contributed by atoms with Crippen molar-refractivity contribution in [3.05, 3.63) is 35.4 Å². The van der Waals surface area contributed by atoms with Crippen LogP contribution in [0.15, 0.2) is 24.3 Å². The predicted molar refractivity (Wildman–Crippen MR) is 53.7 cm³/mol. The van der Waals surface area contributed by atoms with E-state index in [1.165, 1.54) is 12.1 Å². The monoisotopic (exact) mass is 217 g/mol. The zero-order valence-corrected chi connectivity index (χ0v) is 8.73. The lowest BCUT2D eigenvalue weighted by molar-refractivity contribution is -0.138. The zero-order chi connectivity index (χ0) is 11.5. The summed E-state index contributed by atoms with van der Waals surface area (Å²) in [6.45, 7) is 1.85. The molecule has 15 heavy (non-hydrogen) atoms. The lowest BCUT2D eigenvalue weighted by Crippen LogP contribution is -2.25. The molecule has 0 aromatic heterocycles. The molecule has 0 aliphatic heterocycles. The van der Waals surface area contributed by atoms with Gasteiger partial charge in [0, 0.05) is 6.04 Å². The third-order valence-electron chi connectivity index (χ3n) is 2.34. The number of halogens is 3. The first-order chi connectivity index (χ1) is 6.95. The molecule has 0 fully saturated rings. The highest BCUT2D eigenvalue weighted by Crippen LogP contribution is 2.32. The van der Waals surface area contributed by atoms with E-state index in [4.69, 9.17) is 0 Å². The molecule has 0 aliphatic carbocycles. The van der Waals surface area contributed by atoms with Crippen LogP contribution < -0.4 is 5.32 Å². The second-order valence-corrected chi connectivity index (χ2v) is 3.55. The van der Waals surface area contributed by atoms with Crippen LogP contribution in [0.2, 0.25) is 0 Å². The number of benzene rings is 1. The normalized spacial score (nSPS) is 13.9. The molecule has 1 atom stereocenters. The first-order valence-corrected chi connectivity index (χ1v) is 4.77. The number of alkyl halides is 3. The smallest absolute Gasteiger partial charge is 0.317 e. The molecule has 0 radical (unpaired) electrons. The van der Waals surface area contributed by atoms with Crippen LogP contribution in [0.1, 0.15) is 18.1 Å². The van der Waals surface area contributed by atoms with Crippen LogP contribution in [0.5, 0.6) is 0 Å². The molecule has 0 spiro atoms. The van der Waals surface area contributed by atoms with E-state index < -0.39 is 11.7 Å². The van der Waals surface area contributed by atoms with E-state index in [0.29, 0.717) is 12.0 Å². The van der Waals surface area contributed by atoms with Crippen LogP contribution in [-0.4, -0.2) is 13.1 Å². The Morgan fingerprint density at radius 3 is 2.40 bits per heavy atom. The molecule has 0 saturated heterocycles. The Kier molecular flexibility index (Phi) is 3.74. The topological polar surface area (TPSA) is 12.0 Å². The van der Waals surface area contributed by atoms with Gasteiger partial charge in [-0.2, -0.15) is 13.2 Å². The molecule has 0 saturated carbocycles. The first-order valence-electron chi connectivity index (χ1n) is 4.77. The van der Waals surface area contributed by atoms with Gasteiger partial charge >= 0.3 is 6.18 Å². The van der Waals surface area contributed by atoms with Crippen LogP contribution >= 0.6 is 0 Å². The summed E-state index contributed by atoms with van der Waals surface area (Å²) >= 11 is 0. The summed E-state index contributed by atoms with van der Waals surface area (Å²) in [7, 11) is 1.74. The van der Waals surface area contributed by atoms with E-state index in [2.05, 4.69) is 5.32 Å². The van der Waals surface area contributed by atoms with E-state index in [9.17, 15) is 13.2 Å². The van der Waals surface area contributed by atoms with Gasteiger partial charge in [0.2, 0.25) is 0 Å². The van der Waals surface area contributed by atoms with E-state index in [1.807, 2.05) is 6.92 Å². The van der Waals surface area contributed by atoms with E-state index in [0.717, 1.165) is 6.07 Å². The van der Waals surface area contributed by atoms with Crippen molar-refractivity contribution in [3.63, 3.8) is 0 Å². The van der Waals surface area contributed by atoms with E-state index in [1.54, 1.807) is 13.1 Å². The van der Waals surface area contributed by atoms with Gasteiger partial charge in [0.15, 0.2) is 0 Å². The molecule has 1 aromatic rings. The third kappa shape index (κ3) is 3.23. The van der Waals surface area contributed by atoms with Crippen LogP contribution in [0, 0.1) is 0 Å². The lowest BCUT2D eigenvalue weighted by atomic mass is 10.0. The summed E-state index contributed by atoms with van der Waals surface area (Å²) in [4.78, 5) is 0. The molecule has 1 aromatic carbocycles. The molecule has 1 nitrogen and oxygen atoms in total. The number of nitrogens with one attached hydrogen (secondary N) is 1. The maximum Gasteiger partial charge on any atom is 0.416 e. The highest BCUT2D eigenvalue weighted by Gasteiger charge is 2.32. The summed E-state index contributed by atoms with van der Waals surface area (Å²) in [5.41, 5.74) is -0.195. The van der Waals surface area contributed by atoms with Crippen LogP contribution in [0.25, 0.3) is 0 Å². The fourth-order valence-electron chi connectivity index (χ4n) is 1.41. The molecule has 4 heteroatoms. The maximum atomic E-state index is 12.6. The van der Waals surface area contributed by atoms with Gasteiger partial charge in [-0.3, -0.25) is 0 Å². The van der Waals surface area contributed by atoms with Crippen molar-refractivity contribution >= 4 is 0 Å². The van der Waals surface area contributed by atoms with Crippen LogP contribution in [-0.2, 0) is 12.6 Å². The van der Waals surface area contributed by atoms with Crippen molar-refractivity contribution in [2.75, 3.05) is 7.05 Å². The Hall–Kier alpha value is -1.03. The van der Waals surface area contributed by atoms with Gasteiger partial charge in [-0.15, -0.1) is 0 Å². The molecular weight excluding hydrogens is 203 g/mol. The minimum absolute atomic E-state index is 0.0356. The van der Waals surface area contributed by atoms with E-state index in [-0.39, 0.29) is 6.04 Å². The minimum Gasteiger partial charge on any atom is -0.317 e. The summed E-state index contributed by atoms with van der Waals surface area (Å²) in [5.74, 6) is 0. The maximum absolute atomic E-state index is 12.6. The average Bonchev–Trinajstić information content (AvgIpc) is 2.17. The zero-order valence-electron chi connectivity index (χ0n) is 8.73. The van der Waals surface area contributed by atoms with Crippen molar-refractivity contribution in [2.45, 2.75) is 25.6 Å². The number of rotatable bonds is 3. The Balaban J connectivity index is 2.97. The standard InChI is InChI=1S/C11H14F3N/c1-8(15-2)7-9-5-3-4-6-10(9)11(12,13)14/h3-6,8,15H,7H2,1-2H3/t8-/m1/s1. The molecule has 84 valence electrons. The number of hydrogen-bond acceptors (Lipinski definition) is 1. The summed E-state index contributed by atoms with van der Waals surface area (Å²) in [6.07, 6.45) is -3.88. The second-order valence-electron chi connectivity index (χ2n) is 3.55. The van der Waals surface area contributed by atoms with Gasteiger partial charge in [0.1, 0.15) is 0 Å². The first kappa shape index (κ1) is 12.0. The average molecular weight is 217 g/mol. The Labute approximate surface area is 87.3 Å². The van der Waals surface area contributed by atoms with Crippen LogP contribution in [0.4, 0.5) is 13.2 Å². The number of likely N-dealkylation sites (N-methyl/N-ethyl adjacent to an activating group) is 1. The molecular formula is C11H14F3N. The Morgan fingerprint density at radius 1 is 1.27 bits per heavy atom. The fraction of sp³-hybridized carbons (Fsp3) is 0.455. The van der Waals surface area contributed by atoms with Gasteiger partial charge in [0.05, 0.1) is 5.56 Å². The number of hydrogen-bond donors (Lipinski definition) is 1. The van der Waals surface area contributed by atoms with Crippen molar-refractivity contribution < 1.29 is 13.2 Å². The van der Waals surface area contributed by atoms with E-state index >= 15 is 0 Å². The van der Waals surface area contributed by atoms with Crippen molar-refractivity contribution in [2.24, 2.45) is 0 Å². The molecule has 1 rings (SSSR count). The second kappa shape index (κ2) is 4.66. The molecule has 0 aliphatic rings. The van der Waals surface area contributed by atoms with Crippen molar-refractivity contribution in [1.82, 2.24) is 5.32 Å². The Morgan fingerprint density at radius 2 is 1.87 bits per heavy atom. The fourth-order valence-corrected chi connectivity index (χ4v) is 1.41. The molecule has 0 unspecified atom stereocenters. The largest absolute Gasteiger partial charge is 0.416 e. The van der Waals surface area contributed by atoms with Crippen LogP contribution in [0.3, 0.4) is 0 Å². The molecule has 0 bridgehead atoms. The summed E-state index contributed by atoms with van der Waals surface area (Å²) in [6, 6.07) is 5.73. The summed E-state index contributed by atoms with van der Waals surface area (Å²) < 4.78 is 37.7. The van der Waals surface area contributed by atoms with Gasteiger partial charge in [-0.05, 0) is 32.0 Å². The quantitative estimate of drug-likeness (QED) is 0.820. The van der Waals surface area contributed by atoms with Crippen molar-refractivity contribution in [3.8, 4) is 0 Å². The minimum atomic E-state index is -4.26. The SMILES string of the molecule is CN[C@H](C)Cc1ccccc1C(F)(F)F. The van der Waals surface area contributed by atoms with Gasteiger partial charge in [-0.1, -0.05) is 18.2 Å². The molecule has 0 heterocycles. The summed E-state index contributed by atoms with van der Waals surface area (Å²) in [5, 5.41) is 2.92. The van der Waals surface area contributed by atoms with Crippen molar-refractivity contribution in [1.29, 1.82) is 0 Å². The van der Waals surface area contributed by atoms with Gasteiger partial charge in [0.25, 0.3) is 0 Å². The third-order valence-corrected chi connectivity index (χ3v) is 2.34. The van der Waals surface area contributed by atoms with Gasteiger partial charge < -0.3 is 5.32 Å². The predicted octanol–water partition coefficient (Wildman–Crippen LogP) is 2.86.